The zero-order chi connectivity index (χ0) is 24.2. The highest BCUT2D eigenvalue weighted by atomic mass is 16.7. The molecule has 9 heteroatoms. The molecule has 3 heterocycles. The second-order valence-electron chi connectivity index (χ2n) is 9.04. The third kappa shape index (κ3) is 5.45. The van der Waals surface area contributed by atoms with E-state index in [4.69, 9.17) is 18.9 Å². The average Bonchev–Trinajstić information content (AvgIpc) is 3.35. The lowest BCUT2D eigenvalue weighted by Gasteiger charge is -2.34. The minimum atomic E-state index is -0.195. The Morgan fingerprint density at radius 2 is 1.74 bits per heavy atom. The second-order valence-corrected chi connectivity index (χ2v) is 9.04. The van der Waals surface area contributed by atoms with Crippen LogP contribution in [0.1, 0.15) is 19.8 Å². The summed E-state index contributed by atoms with van der Waals surface area (Å²) in [5, 5.41) is 2.98. The zero-order valence-electron chi connectivity index (χ0n) is 19.9. The Morgan fingerprint density at radius 1 is 1.00 bits per heavy atom. The van der Waals surface area contributed by atoms with Gasteiger partial charge in [-0.25, -0.2) is 0 Å². The van der Waals surface area contributed by atoms with Gasteiger partial charge >= 0.3 is 0 Å². The van der Waals surface area contributed by atoms with E-state index in [1.807, 2.05) is 42.2 Å². The van der Waals surface area contributed by atoms with Crippen molar-refractivity contribution >= 4 is 17.5 Å². The van der Waals surface area contributed by atoms with Gasteiger partial charge in [0.2, 0.25) is 18.6 Å². The highest BCUT2D eigenvalue weighted by molar-refractivity contribution is 5.93. The number of hydrogen-bond donors (Lipinski definition) is 1. The normalized spacial score (nSPS) is 19.3. The summed E-state index contributed by atoms with van der Waals surface area (Å²) in [6, 6.07) is 13.0. The number of para-hydroxylation sites is 2. The predicted molar refractivity (Wildman–Crippen MR) is 129 cm³/mol. The Morgan fingerprint density at radius 3 is 2.54 bits per heavy atom. The number of nitrogens with zero attached hydrogens (tertiary/aromatic N) is 2. The van der Waals surface area contributed by atoms with E-state index < -0.39 is 0 Å². The Kier molecular flexibility index (Phi) is 6.94. The van der Waals surface area contributed by atoms with Gasteiger partial charge in [0.25, 0.3) is 0 Å². The molecule has 3 aliphatic rings. The molecule has 2 amide bonds. The van der Waals surface area contributed by atoms with Crippen LogP contribution in [0.2, 0.25) is 0 Å². The number of likely N-dealkylation sites (tertiary alicyclic amines) is 1. The van der Waals surface area contributed by atoms with Crippen LogP contribution in [-0.4, -0.2) is 73.8 Å². The van der Waals surface area contributed by atoms with Crippen LogP contribution in [0.15, 0.2) is 42.5 Å². The summed E-state index contributed by atoms with van der Waals surface area (Å²) in [7, 11) is 0. The van der Waals surface area contributed by atoms with Gasteiger partial charge in [-0.15, -0.1) is 0 Å². The van der Waals surface area contributed by atoms with Crippen LogP contribution in [0.25, 0.3) is 0 Å². The summed E-state index contributed by atoms with van der Waals surface area (Å²) in [4.78, 5) is 29.7. The number of ether oxygens (including phenoxy) is 4. The lowest BCUT2D eigenvalue weighted by Crippen LogP contribution is -2.48. The van der Waals surface area contributed by atoms with Crippen molar-refractivity contribution in [3.63, 3.8) is 0 Å². The predicted octanol–water partition coefficient (Wildman–Crippen LogP) is 2.75. The maximum atomic E-state index is 13.0. The largest absolute Gasteiger partial charge is 0.486 e. The van der Waals surface area contributed by atoms with Gasteiger partial charge < -0.3 is 29.2 Å². The molecule has 2 aromatic carbocycles. The molecule has 5 rings (SSSR count). The quantitative estimate of drug-likeness (QED) is 0.651. The summed E-state index contributed by atoms with van der Waals surface area (Å²) >= 11 is 0. The van der Waals surface area contributed by atoms with Crippen molar-refractivity contribution in [1.82, 2.24) is 9.80 Å². The molecule has 186 valence electrons. The molecule has 2 aromatic rings. The number of anilines is 1. The van der Waals surface area contributed by atoms with E-state index in [2.05, 4.69) is 10.2 Å². The van der Waals surface area contributed by atoms with Crippen molar-refractivity contribution in [2.24, 2.45) is 5.92 Å². The number of carbonyl (C=O) groups is 2. The highest BCUT2D eigenvalue weighted by Crippen LogP contribution is 2.34. The molecule has 3 aliphatic heterocycles. The maximum Gasteiger partial charge on any atom is 0.236 e. The topological polar surface area (TPSA) is 89.6 Å². The number of fused-ring (bicyclic) bond motifs is 2. The van der Waals surface area contributed by atoms with E-state index in [-0.39, 0.29) is 30.6 Å². The molecule has 0 aliphatic carbocycles. The third-order valence-electron chi connectivity index (χ3n) is 6.68. The molecule has 0 spiro atoms. The number of benzene rings is 2. The van der Waals surface area contributed by atoms with E-state index in [0.29, 0.717) is 75.1 Å². The zero-order valence-corrected chi connectivity index (χ0v) is 19.9. The average molecular weight is 482 g/mol. The lowest BCUT2D eigenvalue weighted by atomic mass is 9.95. The molecule has 1 fully saturated rings. The van der Waals surface area contributed by atoms with E-state index in [1.165, 1.54) is 0 Å². The monoisotopic (exact) mass is 481 g/mol. The maximum absolute atomic E-state index is 13.0. The fraction of sp³-hybridized carbons (Fsp3) is 0.462. The molecule has 35 heavy (non-hydrogen) atoms. The molecule has 0 unspecified atom stereocenters. The van der Waals surface area contributed by atoms with Crippen LogP contribution >= 0.6 is 0 Å². The first-order valence-corrected chi connectivity index (χ1v) is 12.2. The number of carbonyl (C=O) groups excluding carboxylic acids is 2. The fourth-order valence-electron chi connectivity index (χ4n) is 4.67. The summed E-state index contributed by atoms with van der Waals surface area (Å²) < 4.78 is 22.5. The molecule has 1 N–H and O–H groups in total. The summed E-state index contributed by atoms with van der Waals surface area (Å²) in [5.74, 6) is 2.78. The summed E-state index contributed by atoms with van der Waals surface area (Å²) in [6.45, 7) is 5.45. The van der Waals surface area contributed by atoms with Crippen LogP contribution in [0.5, 0.6) is 23.0 Å². The lowest BCUT2D eigenvalue weighted by molar-refractivity contribution is -0.134. The highest BCUT2D eigenvalue weighted by Gasteiger charge is 2.29. The summed E-state index contributed by atoms with van der Waals surface area (Å²) in [5.41, 5.74) is 0.701. The van der Waals surface area contributed by atoms with Crippen molar-refractivity contribution in [3.8, 4) is 23.0 Å². The van der Waals surface area contributed by atoms with Gasteiger partial charge in [0, 0.05) is 24.2 Å². The minimum absolute atomic E-state index is 0.000227. The first-order chi connectivity index (χ1) is 17.1. The first kappa shape index (κ1) is 23.3. The molecule has 0 aromatic heterocycles. The molecule has 0 bridgehead atoms. The number of hydrogen-bond acceptors (Lipinski definition) is 7. The van der Waals surface area contributed by atoms with Gasteiger partial charge in [-0.3, -0.25) is 14.5 Å². The van der Waals surface area contributed by atoms with Crippen LogP contribution in [0.3, 0.4) is 0 Å². The molecule has 1 saturated heterocycles. The van der Waals surface area contributed by atoms with Gasteiger partial charge in [-0.1, -0.05) is 12.1 Å². The Balaban J connectivity index is 1.07. The van der Waals surface area contributed by atoms with Crippen molar-refractivity contribution in [3.05, 3.63) is 42.5 Å². The molecular weight excluding hydrogens is 450 g/mol. The molecular formula is C26H31N3O6. The number of nitrogens with one attached hydrogen (secondary N) is 1. The van der Waals surface area contributed by atoms with E-state index in [1.54, 1.807) is 12.1 Å². The van der Waals surface area contributed by atoms with Gasteiger partial charge in [0.1, 0.15) is 6.61 Å². The number of rotatable bonds is 7. The standard InChI is InChI=1S/C26H31N3O6/c1-2-29(14-20-16-32-21-5-3-4-6-23(21)35-20)25(30)15-28-11-9-18(10-12-28)26(31)27-19-7-8-22-24(13-19)34-17-33-22/h3-8,13,18,20H,2,9-12,14-17H2,1H3,(H,27,31)/t20-/m0/s1. The molecule has 9 nitrogen and oxygen atoms in total. The van der Waals surface area contributed by atoms with Crippen molar-refractivity contribution in [2.45, 2.75) is 25.9 Å². The molecule has 0 radical (unpaired) electrons. The van der Waals surface area contributed by atoms with E-state index in [9.17, 15) is 9.59 Å². The number of piperidine rings is 1. The first-order valence-electron chi connectivity index (χ1n) is 12.2. The van der Waals surface area contributed by atoms with E-state index >= 15 is 0 Å². The smallest absolute Gasteiger partial charge is 0.236 e. The third-order valence-corrected chi connectivity index (χ3v) is 6.68. The number of amides is 2. The van der Waals surface area contributed by atoms with Gasteiger partial charge in [-0.05, 0) is 57.1 Å². The van der Waals surface area contributed by atoms with Crippen LogP contribution < -0.4 is 24.3 Å². The van der Waals surface area contributed by atoms with Gasteiger partial charge in [-0.2, -0.15) is 0 Å². The van der Waals surface area contributed by atoms with Gasteiger partial charge in [0.05, 0.1) is 13.1 Å². The van der Waals surface area contributed by atoms with Crippen molar-refractivity contribution < 1.29 is 28.5 Å². The van der Waals surface area contributed by atoms with Crippen molar-refractivity contribution in [1.29, 1.82) is 0 Å². The van der Waals surface area contributed by atoms with Gasteiger partial charge in [0.15, 0.2) is 29.1 Å². The van der Waals surface area contributed by atoms with Crippen molar-refractivity contribution in [2.75, 3.05) is 51.4 Å². The Hall–Kier alpha value is -3.46. The number of likely N-dealkylation sites (N-methyl/N-ethyl adjacent to an activating group) is 1. The Labute approximate surface area is 204 Å². The van der Waals surface area contributed by atoms with Crippen LogP contribution in [0.4, 0.5) is 5.69 Å². The minimum Gasteiger partial charge on any atom is -0.486 e. The molecule has 1 atom stereocenters. The molecule has 0 saturated carbocycles. The summed E-state index contributed by atoms with van der Waals surface area (Å²) in [6.07, 6.45) is 1.23. The SMILES string of the molecule is CCN(C[C@H]1COc2ccccc2O1)C(=O)CN1CCC(C(=O)Nc2ccc3c(c2)OCO3)CC1. The fourth-order valence-corrected chi connectivity index (χ4v) is 4.67. The Bertz CT molecular complexity index is 1070. The van der Waals surface area contributed by atoms with E-state index in [0.717, 1.165) is 5.75 Å². The second kappa shape index (κ2) is 10.4. The van der Waals surface area contributed by atoms with Crippen LogP contribution in [0, 0.1) is 5.92 Å². The van der Waals surface area contributed by atoms with Crippen LogP contribution in [-0.2, 0) is 9.59 Å².